The number of carboxylic acids is 1. The number of para-hydroxylation sites is 1. The first-order valence-electron chi connectivity index (χ1n) is 13.9. The van der Waals surface area contributed by atoms with Crippen molar-refractivity contribution in [3.63, 3.8) is 0 Å². The third-order valence-electron chi connectivity index (χ3n) is 5.88. The van der Waals surface area contributed by atoms with Crippen molar-refractivity contribution in [3.05, 3.63) is 42.5 Å². The topological polar surface area (TPSA) is 69.6 Å². The predicted molar refractivity (Wildman–Crippen MR) is 156 cm³/mol. The molecular formula is C30H52N2NaO3. The van der Waals surface area contributed by atoms with Gasteiger partial charge in [-0.2, -0.15) is 0 Å². The Bertz CT molecular complexity index is 651. The summed E-state index contributed by atoms with van der Waals surface area (Å²) >= 11 is 0. The smallest absolute Gasteiger partial charge is 0.328 e. The molecule has 1 radical (unpaired) electrons. The molecule has 1 rings (SSSR count). The fourth-order valence-corrected chi connectivity index (χ4v) is 3.83. The second kappa shape index (κ2) is 28.4. The number of unbranched alkanes of at least 4 members (excludes halogenated alkanes) is 15. The zero-order valence-electron chi connectivity index (χ0n) is 23.8. The Morgan fingerprint density at radius 2 is 1.14 bits per heavy atom. The third-order valence-corrected chi connectivity index (χ3v) is 5.88. The van der Waals surface area contributed by atoms with Crippen LogP contribution in [0.3, 0.4) is 0 Å². The van der Waals surface area contributed by atoms with Crippen LogP contribution in [0.5, 0.6) is 0 Å². The van der Waals surface area contributed by atoms with E-state index in [-0.39, 0.29) is 29.6 Å². The van der Waals surface area contributed by atoms with Gasteiger partial charge in [0.25, 0.3) is 0 Å². The summed E-state index contributed by atoms with van der Waals surface area (Å²) in [4.78, 5) is 23.4. The molecule has 0 saturated heterocycles. The molecule has 0 aliphatic heterocycles. The monoisotopic (exact) mass is 511 g/mol. The molecule has 0 atom stereocenters. The first-order valence-corrected chi connectivity index (χ1v) is 13.9. The number of aliphatic carboxylic acids is 1. The largest absolute Gasteiger partial charge is 0.478 e. The van der Waals surface area contributed by atoms with Gasteiger partial charge in [-0.1, -0.05) is 121 Å². The van der Waals surface area contributed by atoms with E-state index in [0.717, 1.165) is 12.2 Å². The standard InChI is InChI=1S/C20H43N.C10H9NO3.Na/c1-4-5-6-7-8-9-10-11-12-13-14-15-16-17-18-19-20-21(2)3;12-9(6-7-10(13)14)11-8-4-2-1-3-5-8;/h4-20H2,1-3H3;1-7H,(H,11,12)(H,13,14);/b;7-6-;. The van der Waals surface area contributed by atoms with Crippen molar-refractivity contribution < 1.29 is 14.7 Å². The van der Waals surface area contributed by atoms with E-state index in [4.69, 9.17) is 5.11 Å². The number of carboxylic acid groups (broad SMARTS) is 1. The Morgan fingerprint density at radius 3 is 1.53 bits per heavy atom. The zero-order chi connectivity index (χ0) is 26.0. The van der Waals surface area contributed by atoms with Crippen LogP contribution in [0.4, 0.5) is 5.69 Å². The average molecular weight is 512 g/mol. The van der Waals surface area contributed by atoms with Gasteiger partial charge in [0.2, 0.25) is 5.91 Å². The molecule has 2 N–H and O–H groups in total. The van der Waals surface area contributed by atoms with Gasteiger partial charge in [0.15, 0.2) is 0 Å². The molecule has 0 heterocycles. The normalized spacial score (nSPS) is 10.6. The van der Waals surface area contributed by atoms with Gasteiger partial charge >= 0.3 is 5.97 Å². The molecule has 5 nitrogen and oxygen atoms in total. The van der Waals surface area contributed by atoms with Gasteiger partial charge in [-0.25, -0.2) is 4.79 Å². The SMILES string of the molecule is CCCCCCCCCCCCCCCCCCN(C)C.O=C(O)/C=C\C(=O)Nc1ccccc1.[Na]. The van der Waals surface area contributed by atoms with Crippen LogP contribution in [-0.4, -0.2) is 72.1 Å². The van der Waals surface area contributed by atoms with E-state index in [1.807, 2.05) is 6.07 Å². The number of carbonyl (C=O) groups excluding carboxylic acids is 1. The van der Waals surface area contributed by atoms with Gasteiger partial charge in [-0.05, 0) is 39.2 Å². The van der Waals surface area contributed by atoms with Gasteiger partial charge < -0.3 is 15.3 Å². The molecule has 0 aromatic heterocycles. The minimum Gasteiger partial charge on any atom is -0.478 e. The van der Waals surface area contributed by atoms with Crippen molar-refractivity contribution in [2.24, 2.45) is 0 Å². The van der Waals surface area contributed by atoms with E-state index in [1.54, 1.807) is 24.3 Å². The fraction of sp³-hybridized carbons (Fsp3) is 0.667. The summed E-state index contributed by atoms with van der Waals surface area (Å²) < 4.78 is 0. The van der Waals surface area contributed by atoms with Gasteiger partial charge in [-0.15, -0.1) is 0 Å². The number of benzene rings is 1. The summed E-state index contributed by atoms with van der Waals surface area (Å²) in [6.07, 6.45) is 25.1. The van der Waals surface area contributed by atoms with Crippen molar-refractivity contribution >= 4 is 47.1 Å². The maximum atomic E-state index is 11.1. The van der Waals surface area contributed by atoms with Gasteiger partial charge in [-0.3, -0.25) is 4.79 Å². The Hall–Kier alpha value is -1.14. The number of carbonyl (C=O) groups is 2. The summed E-state index contributed by atoms with van der Waals surface area (Å²) in [5, 5.41) is 10.8. The Labute approximate surface area is 243 Å². The van der Waals surface area contributed by atoms with Crippen molar-refractivity contribution in [3.8, 4) is 0 Å². The van der Waals surface area contributed by atoms with Crippen LogP contribution in [0, 0.1) is 0 Å². The zero-order valence-corrected chi connectivity index (χ0v) is 25.8. The molecule has 0 bridgehead atoms. The molecule has 0 fully saturated rings. The second-order valence-corrected chi connectivity index (χ2v) is 9.63. The van der Waals surface area contributed by atoms with Crippen LogP contribution in [0.1, 0.15) is 110 Å². The summed E-state index contributed by atoms with van der Waals surface area (Å²) in [6, 6.07) is 8.80. The number of rotatable bonds is 20. The number of nitrogens with zero attached hydrogens (tertiary/aromatic N) is 1. The average Bonchev–Trinajstić information content (AvgIpc) is 2.83. The number of nitrogens with one attached hydrogen (secondary N) is 1. The number of anilines is 1. The van der Waals surface area contributed by atoms with Gasteiger partial charge in [0, 0.05) is 47.4 Å². The minimum atomic E-state index is -1.15. The number of amides is 1. The molecule has 0 aliphatic carbocycles. The molecular weight excluding hydrogens is 459 g/mol. The number of hydrogen-bond acceptors (Lipinski definition) is 3. The van der Waals surface area contributed by atoms with E-state index >= 15 is 0 Å². The first kappa shape index (κ1) is 37.0. The molecule has 1 amide bonds. The molecule has 0 aliphatic rings. The molecule has 0 spiro atoms. The summed E-state index contributed by atoms with van der Waals surface area (Å²) in [5.74, 6) is -1.60. The summed E-state index contributed by atoms with van der Waals surface area (Å²) in [6.45, 7) is 3.56. The van der Waals surface area contributed by atoms with Crippen LogP contribution in [-0.2, 0) is 9.59 Å². The molecule has 1 aromatic rings. The van der Waals surface area contributed by atoms with Crippen molar-refractivity contribution in [2.75, 3.05) is 26.0 Å². The van der Waals surface area contributed by atoms with Crippen LogP contribution in [0.25, 0.3) is 0 Å². The second-order valence-electron chi connectivity index (χ2n) is 9.63. The minimum absolute atomic E-state index is 0. The Balaban J connectivity index is 0. The van der Waals surface area contributed by atoms with Crippen molar-refractivity contribution in [1.82, 2.24) is 4.90 Å². The van der Waals surface area contributed by atoms with E-state index in [1.165, 1.54) is 109 Å². The molecule has 1 aromatic carbocycles. The van der Waals surface area contributed by atoms with Crippen LogP contribution >= 0.6 is 0 Å². The van der Waals surface area contributed by atoms with Crippen LogP contribution in [0.2, 0.25) is 0 Å². The van der Waals surface area contributed by atoms with Crippen LogP contribution in [0.15, 0.2) is 42.5 Å². The van der Waals surface area contributed by atoms with E-state index in [0.29, 0.717) is 5.69 Å². The van der Waals surface area contributed by atoms with Crippen molar-refractivity contribution in [1.29, 1.82) is 0 Å². The van der Waals surface area contributed by atoms with Gasteiger partial charge in [0.1, 0.15) is 0 Å². The number of hydrogen-bond donors (Lipinski definition) is 2. The molecule has 201 valence electrons. The third kappa shape index (κ3) is 29.1. The van der Waals surface area contributed by atoms with E-state index in [2.05, 4.69) is 31.2 Å². The summed E-state index contributed by atoms with van der Waals surface area (Å²) in [5.41, 5.74) is 0.632. The molecule has 36 heavy (non-hydrogen) atoms. The van der Waals surface area contributed by atoms with Crippen LogP contribution < -0.4 is 5.32 Å². The molecule has 0 unspecified atom stereocenters. The maximum Gasteiger partial charge on any atom is 0.328 e. The van der Waals surface area contributed by atoms with Gasteiger partial charge in [0.05, 0.1) is 0 Å². The quantitative estimate of drug-likeness (QED) is 0.107. The molecule has 0 saturated carbocycles. The van der Waals surface area contributed by atoms with E-state index < -0.39 is 11.9 Å². The first-order chi connectivity index (χ1) is 17.0. The maximum absolute atomic E-state index is 11.1. The fourth-order valence-electron chi connectivity index (χ4n) is 3.83. The Morgan fingerprint density at radius 1 is 0.722 bits per heavy atom. The predicted octanol–water partition coefficient (Wildman–Crippen LogP) is 7.69. The summed E-state index contributed by atoms with van der Waals surface area (Å²) in [7, 11) is 4.34. The molecule has 6 heteroatoms. The van der Waals surface area contributed by atoms with Crippen molar-refractivity contribution in [2.45, 2.75) is 110 Å². The Kier molecular flexibility index (Phi) is 29.2. The van der Waals surface area contributed by atoms with E-state index in [9.17, 15) is 9.59 Å².